The van der Waals surface area contributed by atoms with E-state index in [4.69, 9.17) is 4.74 Å². The molecule has 0 saturated carbocycles. The van der Waals surface area contributed by atoms with Crippen LogP contribution in [-0.4, -0.2) is 54.3 Å². The lowest BCUT2D eigenvalue weighted by Crippen LogP contribution is -2.36. The SMILES string of the molecule is CC(C)(C)OC(=O)NCCCN1CCSCC1. The third-order valence-electron chi connectivity index (χ3n) is 2.42. The second kappa shape index (κ2) is 7.11. The van der Waals surface area contributed by atoms with Crippen LogP contribution in [0.2, 0.25) is 0 Å². The number of nitrogens with zero attached hydrogens (tertiary/aromatic N) is 1. The molecule has 1 fully saturated rings. The number of hydrogen-bond donors (Lipinski definition) is 1. The maximum absolute atomic E-state index is 11.4. The minimum Gasteiger partial charge on any atom is -0.444 e. The molecule has 0 atom stereocenters. The van der Waals surface area contributed by atoms with Gasteiger partial charge in [0, 0.05) is 31.1 Å². The number of hydrogen-bond acceptors (Lipinski definition) is 4. The number of carbonyl (C=O) groups excluding carboxylic acids is 1. The van der Waals surface area contributed by atoms with E-state index in [0.717, 1.165) is 13.0 Å². The highest BCUT2D eigenvalue weighted by Gasteiger charge is 2.15. The van der Waals surface area contributed by atoms with Gasteiger partial charge in [0.05, 0.1) is 0 Å². The number of alkyl carbamates (subject to hydrolysis) is 1. The molecule has 1 aliphatic rings. The molecule has 1 N–H and O–H groups in total. The maximum atomic E-state index is 11.4. The monoisotopic (exact) mass is 260 g/mol. The summed E-state index contributed by atoms with van der Waals surface area (Å²) in [5.41, 5.74) is -0.409. The first-order valence-corrected chi connectivity index (χ1v) is 7.40. The van der Waals surface area contributed by atoms with Gasteiger partial charge in [-0.25, -0.2) is 4.79 Å². The zero-order valence-corrected chi connectivity index (χ0v) is 11.9. The van der Waals surface area contributed by atoms with E-state index in [0.29, 0.717) is 6.54 Å². The Bertz CT molecular complexity index is 235. The molecule has 0 aromatic carbocycles. The second-order valence-electron chi connectivity index (χ2n) is 5.24. The molecule has 1 saturated heterocycles. The lowest BCUT2D eigenvalue weighted by Gasteiger charge is -2.26. The Morgan fingerprint density at radius 1 is 1.35 bits per heavy atom. The second-order valence-corrected chi connectivity index (χ2v) is 6.46. The normalized spacial score (nSPS) is 17.8. The number of carbonyl (C=O) groups is 1. The quantitative estimate of drug-likeness (QED) is 0.785. The Labute approximate surface area is 108 Å². The molecule has 1 heterocycles. The number of ether oxygens (including phenoxy) is 1. The number of amides is 1. The fourth-order valence-corrected chi connectivity index (χ4v) is 2.61. The third-order valence-corrected chi connectivity index (χ3v) is 3.37. The van der Waals surface area contributed by atoms with Gasteiger partial charge in [-0.05, 0) is 33.7 Å². The van der Waals surface area contributed by atoms with Crippen LogP contribution in [0.15, 0.2) is 0 Å². The molecule has 0 aliphatic carbocycles. The molecule has 0 unspecified atom stereocenters. The predicted octanol–water partition coefficient (Wildman–Crippen LogP) is 1.95. The molecular weight excluding hydrogens is 236 g/mol. The number of thioether (sulfide) groups is 1. The number of nitrogens with one attached hydrogen (secondary N) is 1. The van der Waals surface area contributed by atoms with Crippen molar-refractivity contribution in [1.29, 1.82) is 0 Å². The molecule has 5 heteroatoms. The van der Waals surface area contributed by atoms with Crippen molar-refractivity contribution in [3.8, 4) is 0 Å². The fraction of sp³-hybridized carbons (Fsp3) is 0.917. The Balaban J connectivity index is 2.01. The standard InChI is InChI=1S/C12H24N2O2S/c1-12(2,3)16-11(15)13-5-4-6-14-7-9-17-10-8-14/h4-10H2,1-3H3,(H,13,15). The highest BCUT2D eigenvalue weighted by molar-refractivity contribution is 7.99. The van der Waals surface area contributed by atoms with Crippen molar-refractivity contribution in [2.75, 3.05) is 37.7 Å². The van der Waals surface area contributed by atoms with E-state index in [9.17, 15) is 4.79 Å². The zero-order chi connectivity index (χ0) is 12.7. The molecule has 100 valence electrons. The maximum Gasteiger partial charge on any atom is 0.407 e. The van der Waals surface area contributed by atoms with Crippen LogP contribution in [-0.2, 0) is 4.74 Å². The summed E-state index contributed by atoms with van der Waals surface area (Å²) in [6.07, 6.45) is 0.677. The highest BCUT2D eigenvalue weighted by atomic mass is 32.2. The van der Waals surface area contributed by atoms with Crippen LogP contribution in [0.5, 0.6) is 0 Å². The van der Waals surface area contributed by atoms with Gasteiger partial charge in [-0.2, -0.15) is 11.8 Å². The molecular formula is C12H24N2O2S. The van der Waals surface area contributed by atoms with Gasteiger partial charge in [-0.1, -0.05) is 0 Å². The molecule has 4 nitrogen and oxygen atoms in total. The van der Waals surface area contributed by atoms with E-state index in [1.54, 1.807) is 0 Å². The predicted molar refractivity (Wildman–Crippen MR) is 72.6 cm³/mol. The van der Waals surface area contributed by atoms with Crippen LogP contribution >= 0.6 is 11.8 Å². The molecule has 0 aromatic rings. The average molecular weight is 260 g/mol. The summed E-state index contributed by atoms with van der Waals surface area (Å²) in [4.78, 5) is 13.8. The van der Waals surface area contributed by atoms with Gasteiger partial charge in [-0.15, -0.1) is 0 Å². The van der Waals surface area contributed by atoms with E-state index in [1.807, 2.05) is 32.5 Å². The Morgan fingerprint density at radius 3 is 2.59 bits per heavy atom. The van der Waals surface area contributed by atoms with Crippen molar-refractivity contribution < 1.29 is 9.53 Å². The fourth-order valence-electron chi connectivity index (χ4n) is 1.63. The largest absolute Gasteiger partial charge is 0.444 e. The lowest BCUT2D eigenvalue weighted by molar-refractivity contribution is 0.0526. The van der Waals surface area contributed by atoms with E-state index < -0.39 is 5.60 Å². The van der Waals surface area contributed by atoms with Crippen molar-refractivity contribution >= 4 is 17.9 Å². The zero-order valence-electron chi connectivity index (χ0n) is 11.1. The average Bonchev–Trinajstić information content (AvgIpc) is 2.23. The van der Waals surface area contributed by atoms with Crippen LogP contribution in [0.3, 0.4) is 0 Å². The van der Waals surface area contributed by atoms with Crippen LogP contribution < -0.4 is 5.32 Å². The summed E-state index contributed by atoms with van der Waals surface area (Å²) < 4.78 is 5.16. The number of rotatable bonds is 4. The van der Waals surface area contributed by atoms with Crippen molar-refractivity contribution in [2.24, 2.45) is 0 Å². The molecule has 0 radical (unpaired) electrons. The summed E-state index contributed by atoms with van der Waals surface area (Å²) in [7, 11) is 0. The van der Waals surface area contributed by atoms with E-state index in [-0.39, 0.29) is 6.09 Å². The van der Waals surface area contributed by atoms with E-state index >= 15 is 0 Å². The summed E-state index contributed by atoms with van der Waals surface area (Å²) >= 11 is 2.02. The first-order chi connectivity index (χ1) is 7.97. The van der Waals surface area contributed by atoms with Gasteiger partial charge >= 0.3 is 6.09 Å². The van der Waals surface area contributed by atoms with Crippen molar-refractivity contribution in [3.05, 3.63) is 0 Å². The van der Waals surface area contributed by atoms with Crippen LogP contribution in [0, 0.1) is 0 Å². The molecule has 0 aromatic heterocycles. The van der Waals surface area contributed by atoms with Gasteiger partial charge in [-0.3, -0.25) is 0 Å². The summed E-state index contributed by atoms with van der Waals surface area (Å²) in [5, 5.41) is 2.79. The van der Waals surface area contributed by atoms with Gasteiger partial charge < -0.3 is 15.0 Å². The molecule has 17 heavy (non-hydrogen) atoms. The Hall–Kier alpha value is -0.420. The smallest absolute Gasteiger partial charge is 0.407 e. The highest BCUT2D eigenvalue weighted by Crippen LogP contribution is 2.09. The molecule has 1 rings (SSSR count). The van der Waals surface area contributed by atoms with Gasteiger partial charge in [0.15, 0.2) is 0 Å². The minimum absolute atomic E-state index is 0.313. The van der Waals surface area contributed by atoms with E-state index in [1.165, 1.54) is 24.6 Å². The summed E-state index contributed by atoms with van der Waals surface area (Å²) in [6, 6.07) is 0. The molecule has 1 aliphatic heterocycles. The van der Waals surface area contributed by atoms with Crippen molar-refractivity contribution in [3.63, 3.8) is 0 Å². The van der Waals surface area contributed by atoms with Crippen LogP contribution in [0.1, 0.15) is 27.2 Å². The van der Waals surface area contributed by atoms with Crippen LogP contribution in [0.4, 0.5) is 4.79 Å². The topological polar surface area (TPSA) is 41.6 Å². The van der Waals surface area contributed by atoms with Crippen LogP contribution in [0.25, 0.3) is 0 Å². The Morgan fingerprint density at radius 2 is 2.00 bits per heavy atom. The first-order valence-electron chi connectivity index (χ1n) is 6.24. The van der Waals surface area contributed by atoms with Gasteiger partial charge in [0.25, 0.3) is 0 Å². The Kier molecular flexibility index (Phi) is 6.12. The minimum atomic E-state index is -0.409. The molecule has 0 bridgehead atoms. The van der Waals surface area contributed by atoms with Gasteiger partial charge in [0.2, 0.25) is 0 Å². The lowest BCUT2D eigenvalue weighted by atomic mass is 10.2. The van der Waals surface area contributed by atoms with Gasteiger partial charge in [0.1, 0.15) is 5.60 Å². The molecule has 1 amide bonds. The molecule has 0 spiro atoms. The third kappa shape index (κ3) is 7.49. The van der Waals surface area contributed by atoms with Crippen molar-refractivity contribution in [1.82, 2.24) is 10.2 Å². The summed E-state index contributed by atoms with van der Waals surface area (Å²) in [5.74, 6) is 2.47. The first kappa shape index (κ1) is 14.6. The van der Waals surface area contributed by atoms with E-state index in [2.05, 4.69) is 10.2 Å². The summed E-state index contributed by atoms with van der Waals surface area (Å²) in [6.45, 7) is 9.73. The van der Waals surface area contributed by atoms with Crippen molar-refractivity contribution in [2.45, 2.75) is 32.8 Å².